The maximum Gasteiger partial charge on any atom is 0.349 e. The van der Waals surface area contributed by atoms with Crippen LogP contribution in [0.2, 0.25) is 0 Å². The molecule has 0 radical (unpaired) electrons. The van der Waals surface area contributed by atoms with Crippen molar-refractivity contribution >= 4 is 28.6 Å². The standard InChI is InChI=1S/C11H10O3S2.C6H11NO.C2H6/c1-14-10(12)11(13,8-4-2-6-15-8)9-5-3-7-16-9;1-4(7-3)6-5(2)8-6;1-2/h2-7,13H,1H3;5-7H,1H2,2-3H3;1-2H3. The van der Waals surface area contributed by atoms with Crippen LogP contribution >= 0.6 is 22.7 Å². The smallest absolute Gasteiger partial charge is 0.349 e. The van der Waals surface area contributed by atoms with Gasteiger partial charge >= 0.3 is 5.97 Å². The third-order valence-corrected chi connectivity index (χ3v) is 5.57. The molecule has 0 saturated carbocycles. The third-order valence-electron chi connectivity index (χ3n) is 3.61. The van der Waals surface area contributed by atoms with Crippen LogP contribution in [0, 0.1) is 0 Å². The van der Waals surface area contributed by atoms with Crippen molar-refractivity contribution in [2.75, 3.05) is 14.2 Å². The molecule has 0 aromatic carbocycles. The number of aliphatic hydroxyl groups is 1. The number of hydrogen-bond acceptors (Lipinski definition) is 7. The van der Waals surface area contributed by atoms with E-state index in [0.29, 0.717) is 15.9 Å². The van der Waals surface area contributed by atoms with Crippen molar-refractivity contribution in [3.05, 3.63) is 57.1 Å². The number of rotatable bonds is 5. The molecule has 2 unspecified atom stereocenters. The number of ether oxygens (including phenoxy) is 2. The fraction of sp³-hybridized carbons (Fsp3) is 0.421. The van der Waals surface area contributed by atoms with E-state index in [-0.39, 0.29) is 6.10 Å². The predicted octanol–water partition coefficient (Wildman–Crippen LogP) is 3.75. The first-order chi connectivity index (χ1) is 12.4. The van der Waals surface area contributed by atoms with E-state index in [1.807, 2.05) is 38.6 Å². The maximum atomic E-state index is 11.8. The molecular weight excluding hydrogens is 370 g/mol. The first-order valence-corrected chi connectivity index (χ1v) is 10.1. The van der Waals surface area contributed by atoms with E-state index in [1.54, 1.807) is 24.3 Å². The summed E-state index contributed by atoms with van der Waals surface area (Å²) in [5, 5.41) is 17.1. The van der Waals surface area contributed by atoms with Crippen molar-refractivity contribution in [3.63, 3.8) is 0 Å². The van der Waals surface area contributed by atoms with Crippen molar-refractivity contribution in [3.8, 4) is 0 Å². The highest BCUT2D eigenvalue weighted by molar-refractivity contribution is 7.12. The van der Waals surface area contributed by atoms with E-state index in [4.69, 9.17) is 4.74 Å². The van der Waals surface area contributed by atoms with Crippen molar-refractivity contribution < 1.29 is 19.4 Å². The molecule has 5 nitrogen and oxygen atoms in total. The summed E-state index contributed by atoms with van der Waals surface area (Å²) in [5.41, 5.74) is -0.686. The van der Waals surface area contributed by atoms with Crippen molar-refractivity contribution in [1.82, 2.24) is 5.32 Å². The van der Waals surface area contributed by atoms with Gasteiger partial charge in [-0.3, -0.25) is 0 Å². The van der Waals surface area contributed by atoms with Gasteiger partial charge in [-0.05, 0) is 29.8 Å². The molecule has 3 rings (SSSR count). The van der Waals surface area contributed by atoms with Crippen LogP contribution < -0.4 is 5.32 Å². The summed E-state index contributed by atoms with van der Waals surface area (Å²) >= 11 is 2.66. The largest absolute Gasteiger partial charge is 0.466 e. The number of carbonyl (C=O) groups is 1. The molecule has 26 heavy (non-hydrogen) atoms. The van der Waals surface area contributed by atoms with Crippen LogP contribution in [-0.2, 0) is 19.9 Å². The first kappa shape index (κ1) is 22.4. The van der Waals surface area contributed by atoms with Gasteiger partial charge in [-0.1, -0.05) is 32.6 Å². The summed E-state index contributed by atoms with van der Waals surface area (Å²) in [6.45, 7) is 9.78. The van der Waals surface area contributed by atoms with Gasteiger partial charge < -0.3 is 19.9 Å². The monoisotopic (exact) mass is 397 g/mol. The summed E-state index contributed by atoms with van der Waals surface area (Å²) < 4.78 is 9.79. The second kappa shape index (κ2) is 10.5. The number of thiophene rings is 2. The highest BCUT2D eigenvalue weighted by Crippen LogP contribution is 2.36. The molecule has 2 aromatic rings. The van der Waals surface area contributed by atoms with Crippen LogP contribution in [0.1, 0.15) is 30.5 Å². The molecule has 2 aromatic heterocycles. The molecule has 7 heteroatoms. The van der Waals surface area contributed by atoms with E-state index in [1.165, 1.54) is 29.8 Å². The average molecular weight is 398 g/mol. The van der Waals surface area contributed by atoms with Crippen LogP contribution in [0.5, 0.6) is 0 Å². The zero-order valence-electron chi connectivity index (χ0n) is 15.8. The molecule has 0 bridgehead atoms. The molecule has 1 aliphatic rings. The summed E-state index contributed by atoms with van der Waals surface area (Å²) in [6, 6.07) is 7.03. The van der Waals surface area contributed by atoms with Crippen molar-refractivity contribution in [2.24, 2.45) is 0 Å². The number of esters is 1. The minimum atomic E-state index is -1.67. The summed E-state index contributed by atoms with van der Waals surface area (Å²) in [7, 11) is 3.13. The molecule has 1 aliphatic heterocycles. The lowest BCUT2D eigenvalue weighted by Crippen LogP contribution is -2.36. The zero-order chi connectivity index (χ0) is 19.7. The van der Waals surface area contributed by atoms with Crippen LogP contribution in [-0.4, -0.2) is 37.4 Å². The summed E-state index contributed by atoms with van der Waals surface area (Å²) in [4.78, 5) is 12.9. The Morgan fingerprint density at radius 3 is 1.96 bits per heavy atom. The summed E-state index contributed by atoms with van der Waals surface area (Å²) in [5.74, 6) is -0.655. The van der Waals surface area contributed by atoms with E-state index < -0.39 is 11.6 Å². The Hall–Kier alpha value is -1.67. The molecule has 1 saturated heterocycles. The van der Waals surface area contributed by atoms with Gasteiger partial charge in [0, 0.05) is 12.7 Å². The lowest BCUT2D eigenvalue weighted by molar-refractivity contribution is -0.158. The molecule has 0 aliphatic carbocycles. The minimum Gasteiger partial charge on any atom is -0.466 e. The van der Waals surface area contributed by atoms with Crippen LogP contribution in [0.25, 0.3) is 0 Å². The average Bonchev–Trinajstić information content (AvgIpc) is 3.15. The van der Waals surface area contributed by atoms with Gasteiger partial charge in [-0.15, -0.1) is 22.7 Å². The Balaban J connectivity index is 0.000000284. The number of nitrogens with one attached hydrogen (secondary N) is 1. The SMILES string of the molecule is C=C(NC)C1OC1C.CC.COC(=O)C(O)(c1cccs1)c1cccs1. The lowest BCUT2D eigenvalue weighted by atomic mass is 10.0. The third kappa shape index (κ3) is 5.17. The molecular formula is C19H27NO4S2. The lowest BCUT2D eigenvalue weighted by Gasteiger charge is -2.22. The van der Waals surface area contributed by atoms with Crippen LogP contribution in [0.4, 0.5) is 0 Å². The minimum absolute atomic E-state index is 0.278. The van der Waals surface area contributed by atoms with Crippen LogP contribution in [0.15, 0.2) is 47.3 Å². The molecule has 144 valence electrons. The molecule has 3 heterocycles. The Kier molecular flexibility index (Phi) is 9.01. The van der Waals surface area contributed by atoms with Gasteiger partial charge in [-0.2, -0.15) is 0 Å². The van der Waals surface area contributed by atoms with Crippen LogP contribution in [0.3, 0.4) is 0 Å². The molecule has 2 atom stereocenters. The molecule has 1 fully saturated rings. The highest BCUT2D eigenvalue weighted by atomic mass is 32.1. The van der Waals surface area contributed by atoms with Gasteiger partial charge in [0.1, 0.15) is 6.10 Å². The number of epoxide rings is 1. The Morgan fingerprint density at radius 2 is 1.73 bits per heavy atom. The quantitative estimate of drug-likeness (QED) is 0.594. The Morgan fingerprint density at radius 1 is 1.27 bits per heavy atom. The van der Waals surface area contributed by atoms with E-state index in [0.717, 1.165) is 5.70 Å². The van der Waals surface area contributed by atoms with Crippen molar-refractivity contribution in [2.45, 2.75) is 38.6 Å². The number of carbonyl (C=O) groups excluding carboxylic acids is 1. The topological polar surface area (TPSA) is 71.1 Å². The van der Waals surface area contributed by atoms with Gasteiger partial charge in [0.25, 0.3) is 0 Å². The molecule has 2 N–H and O–H groups in total. The van der Waals surface area contributed by atoms with Gasteiger partial charge in [0.2, 0.25) is 5.60 Å². The molecule has 0 amide bonds. The first-order valence-electron chi connectivity index (χ1n) is 8.35. The second-order valence-electron chi connectivity index (χ2n) is 5.19. The highest BCUT2D eigenvalue weighted by Gasteiger charge is 2.43. The Labute approximate surface area is 163 Å². The zero-order valence-corrected chi connectivity index (χ0v) is 17.4. The maximum absolute atomic E-state index is 11.8. The number of methoxy groups -OCH3 is 1. The van der Waals surface area contributed by atoms with E-state index >= 15 is 0 Å². The van der Waals surface area contributed by atoms with E-state index in [2.05, 4.69) is 16.6 Å². The Bertz CT molecular complexity index is 634. The predicted molar refractivity (Wildman–Crippen MR) is 108 cm³/mol. The fourth-order valence-electron chi connectivity index (χ4n) is 2.13. The summed E-state index contributed by atoms with van der Waals surface area (Å²) in [6.07, 6.45) is 0.662. The number of likely N-dealkylation sites (N-methyl/N-ethyl adjacent to an activating group) is 1. The second-order valence-corrected chi connectivity index (χ2v) is 7.09. The van der Waals surface area contributed by atoms with Gasteiger partial charge in [0.05, 0.1) is 23.0 Å². The number of hydrogen-bond donors (Lipinski definition) is 2. The molecule has 0 spiro atoms. The normalized spacial score (nSPS) is 17.8. The van der Waals surface area contributed by atoms with Crippen molar-refractivity contribution in [1.29, 1.82) is 0 Å². The van der Waals surface area contributed by atoms with Gasteiger partial charge in [0.15, 0.2) is 0 Å². The fourth-order valence-corrected chi connectivity index (χ4v) is 3.85. The van der Waals surface area contributed by atoms with E-state index in [9.17, 15) is 9.90 Å². The van der Waals surface area contributed by atoms with Gasteiger partial charge in [-0.25, -0.2) is 4.79 Å².